The summed E-state index contributed by atoms with van der Waals surface area (Å²) < 4.78 is 3.99. The fourth-order valence-electron chi connectivity index (χ4n) is 2.73. The van der Waals surface area contributed by atoms with Gasteiger partial charge in [0.2, 0.25) is 0 Å². The van der Waals surface area contributed by atoms with Crippen LogP contribution in [0.2, 0.25) is 0 Å². The van der Waals surface area contributed by atoms with Crippen molar-refractivity contribution in [2.75, 3.05) is 0 Å². The van der Waals surface area contributed by atoms with E-state index in [9.17, 15) is 9.59 Å². The fourth-order valence-corrected chi connectivity index (χ4v) is 6.73. The molecule has 0 fully saturated rings. The first-order valence-electron chi connectivity index (χ1n) is 9.58. The van der Waals surface area contributed by atoms with Crippen LogP contribution >= 0.6 is 0 Å². The van der Waals surface area contributed by atoms with E-state index in [1.165, 1.54) is 0 Å². The maximum absolute atomic E-state index is 12.8. The van der Waals surface area contributed by atoms with E-state index in [0.29, 0.717) is 25.9 Å². The molecule has 0 unspecified atom stereocenters. The maximum atomic E-state index is 12.8. The molecule has 6 heteroatoms. The van der Waals surface area contributed by atoms with Crippen LogP contribution < -0.4 is 24.0 Å². The first kappa shape index (κ1) is 25.5. The number of rotatable bonds is 10. The van der Waals surface area contributed by atoms with Crippen LogP contribution in [0, 0.1) is 37.5 Å². The third-order valence-corrected chi connectivity index (χ3v) is 8.30. The second kappa shape index (κ2) is 14.4. The Balaban J connectivity index is 0.00000392. The molecule has 2 aromatic rings. The molecule has 28 heavy (non-hydrogen) atoms. The van der Waals surface area contributed by atoms with Crippen LogP contribution in [-0.4, -0.2) is 13.8 Å². The number of benzene rings is 2. The Morgan fingerprint density at radius 3 is 1.39 bits per heavy atom. The van der Waals surface area contributed by atoms with Crippen molar-refractivity contribution in [1.82, 2.24) is 1.97 Å². The van der Waals surface area contributed by atoms with Gasteiger partial charge in [0.15, 0.2) is 0 Å². The molecule has 2 rings (SSSR count). The van der Waals surface area contributed by atoms with Crippen LogP contribution in [0.25, 0.3) is 0 Å². The van der Waals surface area contributed by atoms with Crippen molar-refractivity contribution in [2.24, 2.45) is 0 Å². The normalized spacial score (nSPS) is 9.79. The average Bonchev–Trinajstić information content (AvgIpc) is 2.69. The molecule has 0 aliphatic carbocycles. The summed E-state index contributed by atoms with van der Waals surface area (Å²) in [6.45, 7) is 5.26. The van der Waals surface area contributed by atoms with Gasteiger partial charge in [-0.15, -0.1) is 0 Å². The van der Waals surface area contributed by atoms with Gasteiger partial charge in [0.1, 0.15) is 0 Å². The molecule has 2 amide bonds. The summed E-state index contributed by atoms with van der Waals surface area (Å²) in [6.07, 6.45) is 2.74. The smallest absolute Gasteiger partial charge is 1.00 e. The molecule has 0 spiro atoms. The standard InChI is InChI=1S/2C11H15NO.HI.Nd/c2*1-2-6-11(13)12-9-10-7-4-3-5-8-10;;/h2*3-5,7-8H,2,6,9H2,1H3,(H,12,13);1H;/q;;;+3/p-3. The predicted molar refractivity (Wildman–Crippen MR) is 104 cm³/mol. The van der Waals surface area contributed by atoms with Crippen LogP contribution in [-0.2, 0) is 22.7 Å². The number of nitrogens with zero attached hydrogens (tertiary/aromatic N) is 2. The Morgan fingerprint density at radius 1 is 0.714 bits per heavy atom. The molecule has 149 valence electrons. The summed E-state index contributed by atoms with van der Waals surface area (Å²) >= 11 is -1.83. The van der Waals surface area contributed by atoms with Gasteiger partial charge in [0, 0.05) is 0 Å². The van der Waals surface area contributed by atoms with Gasteiger partial charge in [-0.2, -0.15) is 0 Å². The quantitative estimate of drug-likeness (QED) is 0.378. The summed E-state index contributed by atoms with van der Waals surface area (Å²) in [6, 6.07) is 20.1. The molecule has 0 saturated heterocycles. The Hall–Kier alpha value is -0.539. The molecule has 0 radical (unpaired) electrons. The van der Waals surface area contributed by atoms with Crippen LogP contribution in [0.15, 0.2) is 60.7 Å². The van der Waals surface area contributed by atoms with Gasteiger partial charge < -0.3 is 24.0 Å². The van der Waals surface area contributed by atoms with E-state index in [2.05, 4.69) is 0 Å². The first-order chi connectivity index (χ1) is 13.1. The van der Waals surface area contributed by atoms with Gasteiger partial charge in [0.05, 0.1) is 0 Å². The molecule has 0 saturated carbocycles. The molecule has 0 aromatic heterocycles. The van der Waals surface area contributed by atoms with Crippen LogP contribution in [0.3, 0.4) is 0 Å². The maximum Gasteiger partial charge on any atom is -1.00 e. The second-order valence-electron chi connectivity index (χ2n) is 6.53. The van der Waals surface area contributed by atoms with Gasteiger partial charge in [-0.05, 0) is 0 Å². The van der Waals surface area contributed by atoms with E-state index < -0.39 is 37.5 Å². The Labute approximate surface area is 207 Å². The van der Waals surface area contributed by atoms with Crippen molar-refractivity contribution in [1.29, 1.82) is 0 Å². The molecule has 0 bridgehead atoms. The molecule has 4 nitrogen and oxygen atoms in total. The molecular weight excluding hydrogens is 595 g/mol. The molecule has 0 N–H and O–H groups in total. The van der Waals surface area contributed by atoms with Crippen molar-refractivity contribution in [2.45, 2.75) is 52.6 Å². The number of halogens is 1. The summed E-state index contributed by atoms with van der Waals surface area (Å²) in [7, 11) is 0. The van der Waals surface area contributed by atoms with E-state index >= 15 is 0 Å². The van der Waals surface area contributed by atoms with Gasteiger partial charge in [-0.1, -0.05) is 0 Å². The first-order valence-corrected chi connectivity index (χ1v) is 12.5. The van der Waals surface area contributed by atoms with Crippen molar-refractivity contribution in [3.63, 3.8) is 0 Å². The largest absolute Gasteiger partial charge is 1.00 e. The van der Waals surface area contributed by atoms with Gasteiger partial charge in [-0.3, -0.25) is 0 Å². The van der Waals surface area contributed by atoms with Crippen molar-refractivity contribution < 1.29 is 71.1 Å². The minimum atomic E-state index is -1.83. The molecule has 0 atom stereocenters. The third-order valence-electron chi connectivity index (χ3n) is 4.14. The average molecular weight is 624 g/mol. The van der Waals surface area contributed by atoms with E-state index in [0.717, 1.165) is 24.0 Å². The molecule has 0 heterocycles. The van der Waals surface area contributed by atoms with Gasteiger partial charge >= 0.3 is 185 Å². The summed E-state index contributed by atoms with van der Waals surface area (Å²) in [5, 5.41) is 0. The molecule has 0 aliphatic heterocycles. The van der Waals surface area contributed by atoms with E-state index in [-0.39, 0.29) is 35.8 Å². The summed E-state index contributed by atoms with van der Waals surface area (Å²) in [4.78, 5) is 25.5. The zero-order valence-corrected chi connectivity index (χ0v) is 22.0. The van der Waals surface area contributed by atoms with Crippen molar-refractivity contribution in [3.05, 3.63) is 71.8 Å². The van der Waals surface area contributed by atoms with Crippen molar-refractivity contribution in [3.8, 4) is 0 Å². The van der Waals surface area contributed by atoms with Crippen LogP contribution in [0.1, 0.15) is 50.7 Å². The molecule has 2 aromatic carbocycles. The number of carbonyl (C=O) groups is 2. The number of hydrogen-bond acceptors (Lipinski definition) is 2. The Morgan fingerprint density at radius 2 is 1.07 bits per heavy atom. The zero-order valence-electron chi connectivity index (χ0n) is 16.6. The topological polar surface area (TPSA) is 40.6 Å². The Bertz CT molecular complexity index is 651. The minimum absolute atomic E-state index is 0. The zero-order chi connectivity index (χ0) is 19.5. The fraction of sp³-hybridized carbons (Fsp3) is 0.364. The third kappa shape index (κ3) is 8.86. The van der Waals surface area contributed by atoms with Gasteiger partial charge in [0.25, 0.3) is 0 Å². The SMILES string of the molecule is CCCC(=O)[N](Cc1ccccc1)[Nd+][N](Cc1ccccc1)C(=O)CCC.[I-]. The minimum Gasteiger partial charge on any atom is -1.00 e. The number of amides is 2. The summed E-state index contributed by atoms with van der Waals surface area (Å²) in [5.41, 5.74) is 2.24. The van der Waals surface area contributed by atoms with Crippen LogP contribution in [0.5, 0.6) is 0 Å². The number of hydrogen-bond donors (Lipinski definition) is 0. The second-order valence-corrected chi connectivity index (χ2v) is 10.6. The number of carbonyl (C=O) groups excluding carboxylic acids is 2. The predicted octanol–water partition coefficient (Wildman–Crippen LogP) is 1.56. The molecular formula is C22H28IN2NdO2. The van der Waals surface area contributed by atoms with Gasteiger partial charge in [-0.25, -0.2) is 0 Å². The monoisotopic (exact) mass is 621 g/mol. The van der Waals surface area contributed by atoms with E-state index in [1.807, 2.05) is 76.5 Å². The van der Waals surface area contributed by atoms with E-state index in [4.69, 9.17) is 0 Å². The van der Waals surface area contributed by atoms with Crippen molar-refractivity contribution >= 4 is 11.8 Å². The van der Waals surface area contributed by atoms with E-state index in [1.54, 1.807) is 0 Å². The van der Waals surface area contributed by atoms with Crippen LogP contribution in [0.4, 0.5) is 0 Å². The molecule has 0 aliphatic rings. The summed E-state index contributed by atoms with van der Waals surface area (Å²) in [5.74, 6) is 0.346. The Kier molecular flexibility index (Phi) is 13.2.